The molecule has 0 radical (unpaired) electrons. The fourth-order valence-corrected chi connectivity index (χ4v) is 3.35. The average molecular weight is 430 g/mol. The number of carbonyl (C=O) groups excluding carboxylic acids is 3. The number of methoxy groups -OCH3 is 1. The van der Waals surface area contributed by atoms with Gasteiger partial charge < -0.3 is 20.1 Å². The number of carbonyl (C=O) groups is 3. The summed E-state index contributed by atoms with van der Waals surface area (Å²) >= 11 is 0. The summed E-state index contributed by atoms with van der Waals surface area (Å²) < 4.78 is 23.7. The first-order valence-electron chi connectivity index (χ1n) is 9.64. The smallest absolute Gasteiger partial charge is 0.322 e. The molecular weight excluding hydrogens is 407 g/mol. The predicted octanol–water partition coefficient (Wildman–Crippen LogP) is 1.40. The van der Waals surface area contributed by atoms with Gasteiger partial charge in [-0.25, -0.2) is 9.18 Å². The van der Waals surface area contributed by atoms with E-state index in [0.29, 0.717) is 35.4 Å². The minimum atomic E-state index is -1.55. The summed E-state index contributed by atoms with van der Waals surface area (Å²) in [5.74, 6) is 0.245. The van der Waals surface area contributed by atoms with Crippen molar-refractivity contribution in [3.63, 3.8) is 0 Å². The molecule has 164 valence electrons. The Morgan fingerprint density at radius 2 is 2.16 bits per heavy atom. The van der Waals surface area contributed by atoms with Gasteiger partial charge in [0.1, 0.15) is 23.9 Å². The van der Waals surface area contributed by atoms with Gasteiger partial charge in [0, 0.05) is 31.3 Å². The number of benzene rings is 1. The fourth-order valence-electron chi connectivity index (χ4n) is 3.35. The van der Waals surface area contributed by atoms with Crippen molar-refractivity contribution >= 4 is 23.9 Å². The van der Waals surface area contributed by atoms with Crippen LogP contribution in [0.5, 0.6) is 5.75 Å². The summed E-state index contributed by atoms with van der Waals surface area (Å²) in [6, 6.07) is 4.38. The molecule has 3 N–H and O–H groups in total. The van der Waals surface area contributed by atoms with Crippen LogP contribution in [0.25, 0.3) is 0 Å². The lowest BCUT2D eigenvalue weighted by molar-refractivity contribution is -0.123. The molecule has 0 bridgehead atoms. The number of aldehydes is 1. The van der Waals surface area contributed by atoms with Crippen molar-refractivity contribution in [1.82, 2.24) is 16.0 Å². The molecule has 3 amide bonds. The van der Waals surface area contributed by atoms with Crippen LogP contribution in [0.2, 0.25) is 0 Å². The van der Waals surface area contributed by atoms with E-state index in [-0.39, 0.29) is 24.6 Å². The number of hydrogen-bond donors (Lipinski definition) is 3. The van der Waals surface area contributed by atoms with E-state index >= 15 is 0 Å². The molecule has 1 atom stereocenters. The third-order valence-electron chi connectivity index (χ3n) is 4.88. The van der Waals surface area contributed by atoms with Crippen LogP contribution in [0.4, 0.5) is 9.18 Å². The highest BCUT2D eigenvalue weighted by atomic mass is 19.1. The maximum atomic E-state index is 12.9. The molecule has 2 aliphatic heterocycles. The summed E-state index contributed by atoms with van der Waals surface area (Å²) in [5.41, 5.74) is -0.0431. The lowest BCUT2D eigenvalue weighted by Gasteiger charge is -2.27. The second-order valence-electron chi connectivity index (χ2n) is 6.79. The molecule has 0 aromatic heterocycles. The van der Waals surface area contributed by atoms with Gasteiger partial charge >= 0.3 is 6.03 Å². The first-order chi connectivity index (χ1) is 15.0. The van der Waals surface area contributed by atoms with E-state index in [2.05, 4.69) is 20.9 Å². The first-order valence-corrected chi connectivity index (χ1v) is 9.64. The quantitative estimate of drug-likeness (QED) is 0.403. The average Bonchev–Trinajstić information content (AvgIpc) is 3.29. The Labute approximate surface area is 178 Å². The van der Waals surface area contributed by atoms with Crippen LogP contribution in [-0.4, -0.2) is 56.3 Å². The zero-order valence-corrected chi connectivity index (χ0v) is 17.2. The van der Waals surface area contributed by atoms with Crippen LogP contribution in [0.1, 0.15) is 22.8 Å². The number of allylic oxidation sites excluding steroid dienone is 2. The Bertz CT molecular complexity index is 988. The Morgan fingerprint density at radius 3 is 2.77 bits per heavy atom. The number of urea groups is 1. The van der Waals surface area contributed by atoms with Crippen LogP contribution in [0.3, 0.4) is 0 Å². The van der Waals surface area contributed by atoms with Gasteiger partial charge in [-0.05, 0) is 30.7 Å². The number of amides is 3. The van der Waals surface area contributed by atoms with E-state index in [0.717, 1.165) is 0 Å². The van der Waals surface area contributed by atoms with Crippen molar-refractivity contribution in [2.24, 2.45) is 4.99 Å². The number of nitrogens with one attached hydrogen (secondary N) is 3. The first kappa shape index (κ1) is 22.2. The molecule has 2 heterocycles. The zero-order valence-electron chi connectivity index (χ0n) is 17.2. The molecule has 0 unspecified atom stereocenters. The predicted molar refractivity (Wildman–Crippen MR) is 111 cm³/mol. The molecule has 0 spiro atoms. The number of aliphatic imine (C=N–C) groups is 1. The Hall–Kier alpha value is -3.53. The fraction of sp³-hybridized carbons (Fsp3) is 0.333. The van der Waals surface area contributed by atoms with Gasteiger partial charge in [0.2, 0.25) is 0 Å². The zero-order chi connectivity index (χ0) is 22.4. The third kappa shape index (κ3) is 4.48. The Kier molecular flexibility index (Phi) is 6.81. The number of nitrogens with zero attached hydrogens (tertiary/aromatic N) is 1. The van der Waals surface area contributed by atoms with E-state index in [1.807, 2.05) is 6.92 Å². The summed E-state index contributed by atoms with van der Waals surface area (Å²) in [6.07, 6.45) is 3.44. The molecule has 1 aromatic carbocycles. The van der Waals surface area contributed by atoms with Gasteiger partial charge in [0.15, 0.2) is 17.6 Å². The van der Waals surface area contributed by atoms with Gasteiger partial charge in [-0.2, -0.15) is 0 Å². The summed E-state index contributed by atoms with van der Waals surface area (Å²) in [5, 5.41) is 7.89. The van der Waals surface area contributed by atoms with Crippen LogP contribution in [0, 0.1) is 0 Å². The van der Waals surface area contributed by atoms with Gasteiger partial charge in [-0.15, -0.1) is 0 Å². The van der Waals surface area contributed by atoms with Crippen LogP contribution >= 0.6 is 0 Å². The summed E-state index contributed by atoms with van der Waals surface area (Å²) in [7, 11) is 1.50. The number of alkyl halides is 1. The standard InChI is InChI=1S/C21H23FN4O5/c1-3-24-16-9-18(31-17(16)6-7-22)21(19(28)25-20(29)26-21)12-23-10-13-4-5-15(30-2)8-14(13)11-27/h4-6,8-9,11,23H,3,7,10,12H2,1-2H3,(H2,25,26,28,29)/b17-6+,24-16?/t21-/m0/s1. The van der Waals surface area contributed by atoms with Gasteiger partial charge in [0.25, 0.3) is 5.91 Å². The topological polar surface area (TPSA) is 118 Å². The van der Waals surface area contributed by atoms with E-state index < -0.39 is 24.2 Å². The van der Waals surface area contributed by atoms with E-state index in [9.17, 15) is 18.8 Å². The SMILES string of the molecule is CCN=C1C=C([C@]2(CNCc3ccc(OC)cc3C=O)NC(=O)NC2=O)O/C1=C/CF. The lowest BCUT2D eigenvalue weighted by Crippen LogP contribution is -2.55. The van der Waals surface area contributed by atoms with Crippen molar-refractivity contribution in [2.75, 3.05) is 26.9 Å². The molecule has 2 aliphatic rings. The highest BCUT2D eigenvalue weighted by Crippen LogP contribution is 2.30. The highest BCUT2D eigenvalue weighted by Gasteiger charge is 2.52. The number of halogens is 1. The van der Waals surface area contributed by atoms with Gasteiger partial charge in [-0.1, -0.05) is 6.07 Å². The van der Waals surface area contributed by atoms with E-state index in [1.165, 1.54) is 19.3 Å². The minimum absolute atomic E-state index is 0.0386. The molecule has 0 aliphatic carbocycles. The van der Waals surface area contributed by atoms with Crippen LogP contribution in [0.15, 0.2) is 46.9 Å². The second kappa shape index (κ2) is 9.52. The molecule has 3 rings (SSSR count). The van der Waals surface area contributed by atoms with Crippen LogP contribution < -0.4 is 20.7 Å². The number of imide groups is 1. The number of hydrogen-bond acceptors (Lipinski definition) is 7. The maximum absolute atomic E-state index is 12.9. The molecular formula is C21H23FN4O5. The maximum Gasteiger partial charge on any atom is 0.322 e. The number of ether oxygens (including phenoxy) is 2. The normalized spacial score (nSPS) is 22.9. The minimum Gasteiger partial charge on any atom is -0.497 e. The molecule has 1 fully saturated rings. The lowest BCUT2D eigenvalue weighted by atomic mass is 9.96. The molecule has 10 heteroatoms. The van der Waals surface area contributed by atoms with Gasteiger partial charge in [-0.3, -0.25) is 19.9 Å². The largest absolute Gasteiger partial charge is 0.497 e. The molecule has 1 aromatic rings. The summed E-state index contributed by atoms with van der Waals surface area (Å²) in [6.45, 7) is 1.67. The molecule has 9 nitrogen and oxygen atoms in total. The Morgan fingerprint density at radius 1 is 1.35 bits per heavy atom. The van der Waals surface area contributed by atoms with E-state index in [1.54, 1.807) is 18.2 Å². The van der Waals surface area contributed by atoms with Crippen molar-refractivity contribution in [3.8, 4) is 5.75 Å². The van der Waals surface area contributed by atoms with Crippen molar-refractivity contribution in [3.05, 3.63) is 53.0 Å². The van der Waals surface area contributed by atoms with Crippen molar-refractivity contribution < 1.29 is 28.2 Å². The Balaban J connectivity index is 1.85. The van der Waals surface area contributed by atoms with Crippen molar-refractivity contribution in [2.45, 2.75) is 19.0 Å². The highest BCUT2D eigenvalue weighted by molar-refractivity contribution is 6.14. The third-order valence-corrected chi connectivity index (χ3v) is 4.88. The molecule has 31 heavy (non-hydrogen) atoms. The molecule has 1 saturated heterocycles. The number of rotatable bonds is 9. The van der Waals surface area contributed by atoms with E-state index in [4.69, 9.17) is 9.47 Å². The second-order valence-corrected chi connectivity index (χ2v) is 6.79. The molecule has 0 saturated carbocycles. The van der Waals surface area contributed by atoms with Crippen molar-refractivity contribution in [1.29, 1.82) is 0 Å². The van der Waals surface area contributed by atoms with Crippen LogP contribution in [-0.2, 0) is 16.1 Å². The van der Waals surface area contributed by atoms with Gasteiger partial charge in [0.05, 0.1) is 7.11 Å². The summed E-state index contributed by atoms with van der Waals surface area (Å²) in [4.78, 5) is 40.3. The monoisotopic (exact) mass is 430 g/mol.